The Labute approximate surface area is 124 Å². The lowest BCUT2D eigenvalue weighted by Gasteiger charge is -2.32. The van der Waals surface area contributed by atoms with Gasteiger partial charge in [0.2, 0.25) is 15.9 Å². The van der Waals surface area contributed by atoms with Gasteiger partial charge in [0.1, 0.15) is 5.56 Å². The van der Waals surface area contributed by atoms with Crippen LogP contribution in [-0.4, -0.2) is 56.7 Å². The summed E-state index contributed by atoms with van der Waals surface area (Å²) in [6, 6.07) is 3.08. The van der Waals surface area contributed by atoms with Crippen molar-refractivity contribution in [2.75, 3.05) is 26.5 Å². The van der Waals surface area contributed by atoms with Gasteiger partial charge in [0.05, 0.1) is 13.4 Å². The number of carbonyl (C=O) groups excluding carboxylic acids is 1. The summed E-state index contributed by atoms with van der Waals surface area (Å²) in [5, 5.41) is 0. The first-order valence-electron chi connectivity index (χ1n) is 6.66. The molecule has 2 heterocycles. The predicted octanol–water partition coefficient (Wildman–Crippen LogP) is 0.244. The van der Waals surface area contributed by atoms with Crippen LogP contribution in [0, 0.1) is 0 Å². The SMILES string of the molecule is COc1ncccc1C(=O)N1CCCC(NS(C)(=O)=O)C1. The number of piperidine rings is 1. The van der Waals surface area contributed by atoms with E-state index in [2.05, 4.69) is 9.71 Å². The maximum atomic E-state index is 12.5. The lowest BCUT2D eigenvalue weighted by molar-refractivity contribution is 0.0699. The number of hydrogen-bond acceptors (Lipinski definition) is 5. The molecule has 0 aromatic carbocycles. The van der Waals surface area contributed by atoms with E-state index in [0.717, 1.165) is 19.1 Å². The van der Waals surface area contributed by atoms with E-state index in [-0.39, 0.29) is 17.8 Å². The van der Waals surface area contributed by atoms with Crippen LogP contribution in [0.5, 0.6) is 5.88 Å². The first-order valence-corrected chi connectivity index (χ1v) is 8.55. The number of likely N-dealkylation sites (tertiary alicyclic amines) is 1. The van der Waals surface area contributed by atoms with Crippen LogP contribution in [0.2, 0.25) is 0 Å². The number of sulfonamides is 1. The highest BCUT2D eigenvalue weighted by atomic mass is 32.2. The zero-order valence-corrected chi connectivity index (χ0v) is 12.9. The summed E-state index contributed by atoms with van der Waals surface area (Å²) < 4.78 is 30.3. The molecule has 1 unspecified atom stereocenters. The molecule has 8 heteroatoms. The number of rotatable bonds is 4. The number of carbonyl (C=O) groups is 1. The molecule has 21 heavy (non-hydrogen) atoms. The Morgan fingerprint density at radius 2 is 2.29 bits per heavy atom. The van der Waals surface area contributed by atoms with E-state index >= 15 is 0 Å². The Morgan fingerprint density at radius 3 is 2.95 bits per heavy atom. The molecule has 1 N–H and O–H groups in total. The fourth-order valence-electron chi connectivity index (χ4n) is 2.45. The molecule has 1 amide bonds. The maximum Gasteiger partial charge on any atom is 0.259 e. The number of methoxy groups -OCH3 is 1. The smallest absolute Gasteiger partial charge is 0.259 e. The second-order valence-corrected chi connectivity index (χ2v) is 6.82. The van der Waals surface area contributed by atoms with Crippen LogP contribution in [0.4, 0.5) is 0 Å². The van der Waals surface area contributed by atoms with E-state index in [9.17, 15) is 13.2 Å². The van der Waals surface area contributed by atoms with Crippen molar-refractivity contribution in [2.45, 2.75) is 18.9 Å². The highest BCUT2D eigenvalue weighted by Crippen LogP contribution is 2.19. The molecule has 0 bridgehead atoms. The molecule has 0 saturated carbocycles. The van der Waals surface area contributed by atoms with Gasteiger partial charge >= 0.3 is 0 Å². The van der Waals surface area contributed by atoms with Gasteiger partial charge in [-0.15, -0.1) is 0 Å². The summed E-state index contributed by atoms with van der Waals surface area (Å²) in [7, 11) is -1.81. The molecule has 1 aromatic heterocycles. The molecule has 1 aromatic rings. The molecule has 1 aliphatic rings. The van der Waals surface area contributed by atoms with Crippen LogP contribution >= 0.6 is 0 Å². The van der Waals surface area contributed by atoms with Gasteiger partial charge in [0.15, 0.2) is 0 Å². The van der Waals surface area contributed by atoms with Crippen LogP contribution in [0.25, 0.3) is 0 Å². The van der Waals surface area contributed by atoms with Gasteiger partial charge in [0, 0.05) is 25.3 Å². The summed E-state index contributed by atoms with van der Waals surface area (Å²) in [5.74, 6) is 0.0839. The zero-order chi connectivity index (χ0) is 15.5. The molecular weight excluding hydrogens is 294 g/mol. The molecule has 116 valence electrons. The van der Waals surface area contributed by atoms with Crippen molar-refractivity contribution in [1.82, 2.24) is 14.6 Å². The Kier molecular flexibility index (Phi) is 4.79. The highest BCUT2D eigenvalue weighted by Gasteiger charge is 2.27. The molecule has 7 nitrogen and oxygen atoms in total. The van der Waals surface area contributed by atoms with Crippen LogP contribution in [0.3, 0.4) is 0 Å². The second kappa shape index (κ2) is 6.40. The number of nitrogens with zero attached hydrogens (tertiary/aromatic N) is 2. The van der Waals surface area contributed by atoms with Gasteiger partial charge in [-0.1, -0.05) is 0 Å². The van der Waals surface area contributed by atoms with Crippen molar-refractivity contribution in [2.24, 2.45) is 0 Å². The van der Waals surface area contributed by atoms with Crippen molar-refractivity contribution in [1.29, 1.82) is 0 Å². The standard InChI is InChI=1S/C13H19N3O4S/c1-20-12-11(6-3-7-14-12)13(17)16-8-4-5-10(9-16)15-21(2,18)19/h3,6-7,10,15H,4-5,8-9H2,1-2H3. The molecular formula is C13H19N3O4S. The van der Waals surface area contributed by atoms with E-state index in [0.29, 0.717) is 18.7 Å². The largest absolute Gasteiger partial charge is 0.480 e. The summed E-state index contributed by atoms with van der Waals surface area (Å²) in [4.78, 5) is 18.2. The Hall–Kier alpha value is -1.67. The summed E-state index contributed by atoms with van der Waals surface area (Å²) >= 11 is 0. The Morgan fingerprint density at radius 1 is 1.52 bits per heavy atom. The van der Waals surface area contributed by atoms with Gasteiger partial charge in [-0.3, -0.25) is 4.79 Å². The van der Waals surface area contributed by atoms with Gasteiger partial charge in [0.25, 0.3) is 5.91 Å². The van der Waals surface area contributed by atoms with Gasteiger partial charge in [-0.2, -0.15) is 0 Å². The van der Waals surface area contributed by atoms with Crippen molar-refractivity contribution < 1.29 is 17.9 Å². The fraction of sp³-hybridized carbons (Fsp3) is 0.538. The number of aromatic nitrogens is 1. The third-order valence-electron chi connectivity index (χ3n) is 3.28. The Bertz CT molecular complexity index is 618. The first-order chi connectivity index (χ1) is 9.90. The van der Waals surface area contributed by atoms with Crippen LogP contribution in [0.1, 0.15) is 23.2 Å². The minimum Gasteiger partial charge on any atom is -0.480 e. The van der Waals surface area contributed by atoms with Crippen molar-refractivity contribution in [3.8, 4) is 5.88 Å². The maximum absolute atomic E-state index is 12.5. The lowest BCUT2D eigenvalue weighted by Crippen LogP contribution is -2.49. The average molecular weight is 313 g/mol. The van der Waals surface area contributed by atoms with Crippen molar-refractivity contribution in [3.05, 3.63) is 23.9 Å². The first kappa shape index (κ1) is 15.7. The summed E-state index contributed by atoms with van der Waals surface area (Å²) in [5.41, 5.74) is 0.389. The predicted molar refractivity (Wildman–Crippen MR) is 77.7 cm³/mol. The number of ether oxygens (including phenoxy) is 1. The third-order valence-corrected chi connectivity index (χ3v) is 4.05. The molecule has 1 atom stereocenters. The molecule has 0 spiro atoms. The quantitative estimate of drug-likeness (QED) is 0.860. The van der Waals surface area contributed by atoms with Crippen molar-refractivity contribution >= 4 is 15.9 Å². The number of amides is 1. The molecule has 2 rings (SSSR count). The van der Waals surface area contributed by atoms with E-state index in [1.165, 1.54) is 7.11 Å². The minimum absolute atomic E-state index is 0.194. The van der Waals surface area contributed by atoms with Crippen LogP contribution < -0.4 is 9.46 Å². The van der Waals surface area contributed by atoms with E-state index < -0.39 is 10.0 Å². The lowest BCUT2D eigenvalue weighted by atomic mass is 10.1. The fourth-order valence-corrected chi connectivity index (χ4v) is 3.25. The van der Waals surface area contributed by atoms with E-state index in [1.54, 1.807) is 23.2 Å². The van der Waals surface area contributed by atoms with E-state index in [4.69, 9.17) is 4.74 Å². The monoisotopic (exact) mass is 313 g/mol. The summed E-state index contributed by atoms with van der Waals surface area (Å²) in [6.07, 6.45) is 4.15. The normalized spacial score (nSPS) is 19.3. The number of hydrogen-bond donors (Lipinski definition) is 1. The van der Waals surface area contributed by atoms with Gasteiger partial charge in [-0.05, 0) is 25.0 Å². The van der Waals surface area contributed by atoms with E-state index in [1.807, 2.05) is 0 Å². The minimum atomic E-state index is -3.28. The molecule has 1 aliphatic heterocycles. The van der Waals surface area contributed by atoms with Crippen molar-refractivity contribution in [3.63, 3.8) is 0 Å². The molecule has 1 saturated heterocycles. The number of pyridine rings is 1. The topological polar surface area (TPSA) is 88.6 Å². The molecule has 0 radical (unpaired) electrons. The highest BCUT2D eigenvalue weighted by molar-refractivity contribution is 7.88. The third kappa shape index (κ3) is 4.15. The van der Waals surface area contributed by atoms with Gasteiger partial charge in [-0.25, -0.2) is 18.1 Å². The second-order valence-electron chi connectivity index (χ2n) is 5.04. The van der Waals surface area contributed by atoms with Crippen LogP contribution in [0.15, 0.2) is 18.3 Å². The molecule has 0 aliphatic carbocycles. The number of nitrogens with one attached hydrogen (secondary N) is 1. The Balaban J connectivity index is 2.12. The average Bonchev–Trinajstić information content (AvgIpc) is 2.45. The summed E-state index contributed by atoms with van der Waals surface area (Å²) in [6.45, 7) is 0.947. The van der Waals surface area contributed by atoms with Crippen LogP contribution in [-0.2, 0) is 10.0 Å². The zero-order valence-electron chi connectivity index (χ0n) is 12.1. The van der Waals surface area contributed by atoms with Gasteiger partial charge < -0.3 is 9.64 Å². The molecule has 1 fully saturated rings.